The van der Waals surface area contributed by atoms with E-state index < -0.39 is 0 Å². The van der Waals surface area contributed by atoms with E-state index in [9.17, 15) is 0 Å². The van der Waals surface area contributed by atoms with Crippen molar-refractivity contribution in [3.63, 3.8) is 0 Å². The van der Waals surface area contributed by atoms with Crippen LogP contribution in [0.25, 0.3) is 10.9 Å². The van der Waals surface area contributed by atoms with Gasteiger partial charge in [-0.25, -0.2) is 9.97 Å². The lowest BCUT2D eigenvalue weighted by Crippen LogP contribution is -2.51. The van der Waals surface area contributed by atoms with Gasteiger partial charge in [-0.3, -0.25) is 4.90 Å². The van der Waals surface area contributed by atoms with E-state index in [4.69, 9.17) is 21.7 Å². The molecule has 0 saturated carbocycles. The molecular weight excluding hydrogens is 564 g/mol. The Balaban J connectivity index is 1.20. The Morgan fingerprint density at radius 3 is 2.47 bits per heavy atom. The topological polar surface area (TPSA) is 66.0 Å². The zero-order valence-electron chi connectivity index (χ0n) is 21.9. The molecule has 0 atom stereocenters. The first-order valence-corrected chi connectivity index (χ1v) is 14.5. The quantitative estimate of drug-likeness (QED) is 0.378. The molecule has 3 aromatic rings. The number of thiocarbonyl (C=S) groups is 1. The number of hydrogen-bond donors (Lipinski definition) is 1. The van der Waals surface area contributed by atoms with Gasteiger partial charge in [0.2, 0.25) is 0 Å². The Labute approximate surface area is 238 Å². The summed E-state index contributed by atoms with van der Waals surface area (Å²) in [5.74, 6) is 2.36. The number of likely N-dealkylation sites (tertiary alicyclic amines) is 1. The first-order chi connectivity index (χ1) is 18.6. The van der Waals surface area contributed by atoms with Crippen LogP contribution in [0, 0.1) is 0 Å². The van der Waals surface area contributed by atoms with Gasteiger partial charge in [0.05, 0.1) is 12.6 Å². The molecule has 0 bridgehead atoms. The molecule has 0 amide bonds. The fraction of sp³-hybridized carbons (Fsp3) is 0.464. The van der Waals surface area contributed by atoms with Gasteiger partial charge in [0.1, 0.15) is 18.8 Å². The largest absolute Gasteiger partial charge is 0.493 e. The summed E-state index contributed by atoms with van der Waals surface area (Å²) >= 11 is 9.16. The molecule has 5 rings (SSSR count). The molecule has 0 unspecified atom stereocenters. The van der Waals surface area contributed by atoms with Crippen molar-refractivity contribution < 1.29 is 9.47 Å². The van der Waals surface area contributed by atoms with E-state index in [0.29, 0.717) is 18.9 Å². The van der Waals surface area contributed by atoms with Gasteiger partial charge >= 0.3 is 0 Å². The Kier molecular flexibility index (Phi) is 9.14. The fourth-order valence-electron chi connectivity index (χ4n) is 5.06. The summed E-state index contributed by atoms with van der Waals surface area (Å²) in [5.41, 5.74) is 2.06. The highest BCUT2D eigenvalue weighted by Crippen LogP contribution is 2.35. The highest BCUT2D eigenvalue weighted by molar-refractivity contribution is 9.10. The van der Waals surface area contributed by atoms with E-state index >= 15 is 0 Å². The minimum absolute atomic E-state index is 0.636. The third kappa shape index (κ3) is 6.65. The summed E-state index contributed by atoms with van der Waals surface area (Å²) in [6.07, 6.45) is 5.53. The molecule has 1 N–H and O–H groups in total. The second kappa shape index (κ2) is 12.9. The van der Waals surface area contributed by atoms with Crippen LogP contribution in [0.1, 0.15) is 24.8 Å². The lowest BCUT2D eigenvalue weighted by atomic mass is 10.1. The highest BCUT2D eigenvalue weighted by atomic mass is 79.9. The number of anilines is 1. The van der Waals surface area contributed by atoms with Crippen molar-refractivity contribution in [2.24, 2.45) is 0 Å². The van der Waals surface area contributed by atoms with Crippen LogP contribution in [-0.2, 0) is 6.54 Å². The lowest BCUT2D eigenvalue weighted by Gasteiger charge is -2.37. The van der Waals surface area contributed by atoms with Crippen LogP contribution in [-0.4, -0.2) is 84.4 Å². The summed E-state index contributed by atoms with van der Waals surface area (Å²) in [6, 6.07) is 12.3. The first-order valence-electron chi connectivity index (χ1n) is 13.3. The van der Waals surface area contributed by atoms with Crippen molar-refractivity contribution in [2.75, 3.05) is 64.4 Å². The van der Waals surface area contributed by atoms with Crippen molar-refractivity contribution in [1.82, 2.24) is 25.1 Å². The molecule has 2 aliphatic heterocycles. The highest BCUT2D eigenvalue weighted by Gasteiger charge is 2.22. The summed E-state index contributed by atoms with van der Waals surface area (Å²) < 4.78 is 12.9. The van der Waals surface area contributed by atoms with Crippen LogP contribution in [0.5, 0.6) is 11.5 Å². The van der Waals surface area contributed by atoms with Crippen molar-refractivity contribution in [3.05, 3.63) is 52.8 Å². The van der Waals surface area contributed by atoms with E-state index in [1.165, 1.54) is 24.8 Å². The predicted octanol–water partition coefficient (Wildman–Crippen LogP) is 4.46. The fourth-order valence-corrected chi connectivity index (χ4v) is 5.57. The molecule has 2 fully saturated rings. The standard InChI is InChI=1S/C28H35BrN6O2S/c1-36-25-17-23-24(18-26(25)37-16-15-33-9-3-2-4-10-33)31-20-32-27(23)34-11-13-35(14-12-34)28(38)30-19-21-5-7-22(29)8-6-21/h5-8,17-18,20H,2-4,9-16,19H2,1H3,(H,30,38). The Morgan fingerprint density at radius 1 is 0.974 bits per heavy atom. The minimum atomic E-state index is 0.636. The monoisotopic (exact) mass is 598 g/mol. The van der Waals surface area contributed by atoms with Gasteiger partial charge in [-0.2, -0.15) is 0 Å². The van der Waals surface area contributed by atoms with Crippen molar-refractivity contribution >= 4 is 50.0 Å². The maximum Gasteiger partial charge on any atom is 0.169 e. The van der Waals surface area contributed by atoms with Crippen LogP contribution in [0.15, 0.2) is 47.2 Å². The van der Waals surface area contributed by atoms with Crippen LogP contribution in [0.3, 0.4) is 0 Å². The van der Waals surface area contributed by atoms with Crippen molar-refractivity contribution in [3.8, 4) is 11.5 Å². The normalized spacial score (nSPS) is 16.5. The third-order valence-corrected chi connectivity index (χ3v) is 8.17. The zero-order chi connectivity index (χ0) is 26.3. The molecule has 0 spiro atoms. The molecular formula is C28H35BrN6O2S. The molecule has 3 heterocycles. The lowest BCUT2D eigenvalue weighted by molar-refractivity contribution is 0.181. The Bertz CT molecular complexity index is 1230. The number of methoxy groups -OCH3 is 1. The molecule has 38 heavy (non-hydrogen) atoms. The number of piperidine rings is 1. The van der Waals surface area contributed by atoms with Gasteiger partial charge in [-0.15, -0.1) is 0 Å². The van der Waals surface area contributed by atoms with Crippen LogP contribution in [0.2, 0.25) is 0 Å². The number of nitrogens with zero attached hydrogens (tertiary/aromatic N) is 5. The molecule has 0 aliphatic carbocycles. The van der Waals surface area contributed by atoms with Crippen LogP contribution >= 0.6 is 28.1 Å². The van der Waals surface area contributed by atoms with Crippen LogP contribution < -0.4 is 19.7 Å². The number of nitrogens with one attached hydrogen (secondary N) is 1. The number of hydrogen-bond acceptors (Lipinski definition) is 7. The Morgan fingerprint density at radius 2 is 1.74 bits per heavy atom. The zero-order valence-corrected chi connectivity index (χ0v) is 24.3. The van der Waals surface area contributed by atoms with Crippen LogP contribution in [0.4, 0.5) is 5.82 Å². The average Bonchev–Trinajstić information content (AvgIpc) is 2.96. The van der Waals surface area contributed by atoms with Gasteiger partial charge in [0.25, 0.3) is 0 Å². The van der Waals surface area contributed by atoms with Crippen molar-refractivity contribution in [2.45, 2.75) is 25.8 Å². The van der Waals surface area contributed by atoms with Gasteiger partial charge in [-0.1, -0.05) is 34.5 Å². The summed E-state index contributed by atoms with van der Waals surface area (Å²) in [7, 11) is 1.68. The third-order valence-electron chi connectivity index (χ3n) is 7.24. The SMILES string of the molecule is COc1cc2c(N3CCN(C(=S)NCc4ccc(Br)cc4)CC3)ncnc2cc1OCCN1CCCCC1. The minimum Gasteiger partial charge on any atom is -0.493 e. The van der Waals surface area contributed by atoms with Gasteiger partial charge in [-0.05, 0) is 61.9 Å². The summed E-state index contributed by atoms with van der Waals surface area (Å²) in [4.78, 5) is 16.2. The number of aromatic nitrogens is 2. The number of fused-ring (bicyclic) bond motifs is 1. The predicted molar refractivity (Wildman–Crippen MR) is 159 cm³/mol. The van der Waals surface area contributed by atoms with E-state index in [-0.39, 0.29) is 0 Å². The van der Waals surface area contributed by atoms with Crippen molar-refractivity contribution in [1.29, 1.82) is 0 Å². The van der Waals surface area contributed by atoms with E-state index in [2.05, 4.69) is 58.0 Å². The molecule has 202 valence electrons. The first kappa shape index (κ1) is 26.9. The molecule has 1 aromatic heterocycles. The second-order valence-electron chi connectivity index (χ2n) is 9.73. The number of ether oxygens (including phenoxy) is 2. The second-order valence-corrected chi connectivity index (χ2v) is 11.0. The van der Waals surface area contributed by atoms with Gasteiger partial charge in [0, 0.05) is 55.2 Å². The smallest absolute Gasteiger partial charge is 0.169 e. The van der Waals surface area contributed by atoms with E-state index in [0.717, 1.165) is 77.9 Å². The molecule has 2 aliphatic rings. The molecule has 8 nitrogen and oxygen atoms in total. The maximum absolute atomic E-state index is 6.15. The number of piperazine rings is 1. The number of rotatable bonds is 8. The average molecular weight is 600 g/mol. The van der Waals surface area contributed by atoms with E-state index in [1.54, 1.807) is 13.4 Å². The molecule has 10 heteroatoms. The van der Waals surface area contributed by atoms with E-state index in [1.807, 2.05) is 24.3 Å². The summed E-state index contributed by atoms with van der Waals surface area (Å²) in [6.45, 7) is 7.90. The Hall–Kier alpha value is -2.69. The van der Waals surface area contributed by atoms with Gasteiger partial charge in [0.15, 0.2) is 16.6 Å². The number of halogens is 1. The molecule has 0 radical (unpaired) electrons. The van der Waals surface area contributed by atoms with Gasteiger partial charge < -0.3 is 24.6 Å². The summed E-state index contributed by atoms with van der Waals surface area (Å²) in [5, 5.41) is 5.15. The maximum atomic E-state index is 6.15. The molecule has 2 saturated heterocycles. The molecule has 2 aromatic carbocycles. The number of benzene rings is 2.